The highest BCUT2D eigenvalue weighted by atomic mass is 35.5. The first-order valence-corrected chi connectivity index (χ1v) is 9.50. The minimum Gasteiger partial charge on any atom is -0.497 e. The summed E-state index contributed by atoms with van der Waals surface area (Å²) < 4.78 is 5.41. The Bertz CT molecular complexity index is 948. The van der Waals surface area contributed by atoms with Gasteiger partial charge in [-0.3, -0.25) is 0 Å². The van der Waals surface area contributed by atoms with Crippen LogP contribution in [0, 0.1) is 0 Å². The number of methoxy groups -OCH3 is 1. The molecule has 3 aromatic rings. The number of hydrogen-bond acceptors (Lipinski definition) is 5. The van der Waals surface area contributed by atoms with Gasteiger partial charge in [0.2, 0.25) is 0 Å². The number of rotatable bonds is 4. The van der Waals surface area contributed by atoms with Gasteiger partial charge in [0.05, 0.1) is 17.6 Å². The van der Waals surface area contributed by atoms with Crippen molar-refractivity contribution in [1.82, 2.24) is 10.3 Å². The number of halogens is 1. The summed E-state index contributed by atoms with van der Waals surface area (Å²) >= 11 is 6.57. The third-order valence-corrected chi connectivity index (χ3v) is 5.22. The number of fused-ring (bicyclic) bond motifs is 1. The van der Waals surface area contributed by atoms with Crippen molar-refractivity contribution in [3.05, 3.63) is 53.1 Å². The first-order valence-electron chi connectivity index (χ1n) is 9.12. The molecule has 1 saturated heterocycles. The second-order valence-electron chi connectivity index (χ2n) is 6.71. The number of aromatic nitrogens is 1. The number of ether oxygens (including phenoxy) is 1. The van der Waals surface area contributed by atoms with E-state index in [1.165, 1.54) is 0 Å². The zero-order valence-corrected chi connectivity index (χ0v) is 16.1. The molecule has 0 bridgehead atoms. The van der Waals surface area contributed by atoms with Gasteiger partial charge in [-0.2, -0.15) is 0 Å². The molecule has 4 rings (SSSR count). The summed E-state index contributed by atoms with van der Waals surface area (Å²) in [5.74, 6) is 1.67. The minimum absolute atomic E-state index is 0.471. The Labute approximate surface area is 164 Å². The fourth-order valence-electron chi connectivity index (χ4n) is 3.48. The number of benzene rings is 2. The predicted molar refractivity (Wildman–Crippen MR) is 112 cm³/mol. The Morgan fingerprint density at radius 3 is 2.67 bits per heavy atom. The van der Waals surface area contributed by atoms with E-state index in [1.807, 2.05) is 24.3 Å². The lowest BCUT2D eigenvalue weighted by atomic mass is 10.0. The van der Waals surface area contributed by atoms with Gasteiger partial charge < -0.3 is 20.7 Å². The molecule has 0 aliphatic carbocycles. The molecule has 140 valence electrons. The van der Waals surface area contributed by atoms with E-state index in [0.717, 1.165) is 65.3 Å². The number of piperazine rings is 1. The molecule has 1 aliphatic heterocycles. The number of nitrogens with zero attached hydrogens (tertiary/aromatic N) is 2. The van der Waals surface area contributed by atoms with Gasteiger partial charge in [0.25, 0.3) is 0 Å². The lowest BCUT2D eigenvalue weighted by molar-refractivity contribution is 0.414. The molecule has 1 fully saturated rings. The molecule has 1 aromatic heterocycles. The molecule has 6 heteroatoms. The molecule has 0 amide bonds. The smallest absolute Gasteiger partial charge is 0.148 e. The lowest BCUT2D eigenvalue weighted by Gasteiger charge is -2.29. The second kappa shape index (κ2) is 7.72. The van der Waals surface area contributed by atoms with Gasteiger partial charge in [-0.15, -0.1) is 0 Å². The minimum atomic E-state index is 0.471. The van der Waals surface area contributed by atoms with Gasteiger partial charge >= 0.3 is 0 Å². The van der Waals surface area contributed by atoms with Crippen LogP contribution in [0.15, 0.2) is 42.5 Å². The Hall–Kier alpha value is -2.34. The fraction of sp³-hybridized carbons (Fsp3) is 0.286. The molecule has 2 heterocycles. The largest absolute Gasteiger partial charge is 0.497 e. The van der Waals surface area contributed by atoms with Gasteiger partial charge in [-0.1, -0.05) is 17.7 Å². The Morgan fingerprint density at radius 2 is 1.93 bits per heavy atom. The van der Waals surface area contributed by atoms with Crippen LogP contribution in [-0.4, -0.2) is 38.3 Å². The summed E-state index contributed by atoms with van der Waals surface area (Å²) in [6.07, 6.45) is 0. The van der Waals surface area contributed by atoms with Gasteiger partial charge in [0.15, 0.2) is 0 Å². The van der Waals surface area contributed by atoms with E-state index in [0.29, 0.717) is 11.6 Å². The maximum atomic E-state index is 6.57. The van der Waals surface area contributed by atoms with Crippen LogP contribution in [0.1, 0.15) is 5.56 Å². The van der Waals surface area contributed by atoms with Crippen molar-refractivity contribution in [2.24, 2.45) is 5.73 Å². The maximum absolute atomic E-state index is 6.57. The summed E-state index contributed by atoms with van der Waals surface area (Å²) in [5.41, 5.74) is 9.96. The van der Waals surface area contributed by atoms with Gasteiger partial charge in [-0.05, 0) is 53.1 Å². The van der Waals surface area contributed by atoms with Crippen molar-refractivity contribution < 1.29 is 4.74 Å². The first-order chi connectivity index (χ1) is 13.2. The molecular formula is C21H23ClN4O. The van der Waals surface area contributed by atoms with Crippen molar-refractivity contribution in [3.63, 3.8) is 0 Å². The van der Waals surface area contributed by atoms with Crippen LogP contribution in [0.3, 0.4) is 0 Å². The number of anilines is 1. The third kappa shape index (κ3) is 3.72. The van der Waals surface area contributed by atoms with Crippen LogP contribution in [-0.2, 0) is 6.54 Å². The van der Waals surface area contributed by atoms with E-state index in [2.05, 4.69) is 28.4 Å². The van der Waals surface area contributed by atoms with Crippen LogP contribution in [0.5, 0.6) is 5.75 Å². The van der Waals surface area contributed by atoms with Crippen LogP contribution in [0.4, 0.5) is 5.82 Å². The highest BCUT2D eigenvalue weighted by molar-refractivity contribution is 6.33. The quantitative estimate of drug-likeness (QED) is 0.723. The van der Waals surface area contributed by atoms with E-state index in [1.54, 1.807) is 7.11 Å². The highest BCUT2D eigenvalue weighted by Gasteiger charge is 2.16. The van der Waals surface area contributed by atoms with Gasteiger partial charge in [0.1, 0.15) is 11.6 Å². The number of hydrogen-bond donors (Lipinski definition) is 2. The average Bonchev–Trinajstić information content (AvgIpc) is 2.73. The Kier molecular flexibility index (Phi) is 5.16. The van der Waals surface area contributed by atoms with E-state index in [-0.39, 0.29) is 0 Å². The van der Waals surface area contributed by atoms with Crippen molar-refractivity contribution >= 4 is 28.3 Å². The molecule has 27 heavy (non-hydrogen) atoms. The predicted octanol–water partition coefficient (Wildman–Crippen LogP) is 3.43. The van der Waals surface area contributed by atoms with Crippen LogP contribution in [0.2, 0.25) is 5.02 Å². The lowest BCUT2D eigenvalue weighted by Crippen LogP contribution is -2.44. The van der Waals surface area contributed by atoms with Crippen LogP contribution >= 0.6 is 11.6 Å². The molecule has 2 aromatic carbocycles. The maximum Gasteiger partial charge on any atom is 0.148 e. The van der Waals surface area contributed by atoms with Crippen molar-refractivity contribution in [3.8, 4) is 16.9 Å². The summed E-state index contributed by atoms with van der Waals surface area (Å²) in [4.78, 5) is 7.06. The summed E-state index contributed by atoms with van der Waals surface area (Å²) in [7, 11) is 1.67. The fourth-order valence-corrected chi connectivity index (χ4v) is 3.76. The van der Waals surface area contributed by atoms with Crippen molar-refractivity contribution in [2.45, 2.75) is 6.54 Å². The van der Waals surface area contributed by atoms with Crippen LogP contribution in [0.25, 0.3) is 22.0 Å². The topological polar surface area (TPSA) is 63.4 Å². The summed E-state index contributed by atoms with van der Waals surface area (Å²) in [5, 5.41) is 5.07. The molecule has 0 saturated carbocycles. The second-order valence-corrected chi connectivity index (χ2v) is 7.12. The van der Waals surface area contributed by atoms with Crippen molar-refractivity contribution in [2.75, 3.05) is 38.2 Å². The molecule has 3 N–H and O–H groups in total. The monoisotopic (exact) mass is 382 g/mol. The van der Waals surface area contributed by atoms with Crippen molar-refractivity contribution in [1.29, 1.82) is 0 Å². The SMILES string of the molecule is COc1cc(CN)cc(-c2ccc3nc(N4CCNCC4)c(Cl)cc3c2)c1. The number of pyridine rings is 1. The molecule has 1 aliphatic rings. The molecule has 0 radical (unpaired) electrons. The third-order valence-electron chi connectivity index (χ3n) is 4.94. The molecular weight excluding hydrogens is 360 g/mol. The number of nitrogens with one attached hydrogen (secondary N) is 1. The Balaban J connectivity index is 1.74. The summed E-state index contributed by atoms with van der Waals surface area (Å²) in [6.45, 7) is 4.21. The molecule has 0 atom stereocenters. The van der Waals surface area contributed by atoms with E-state index in [9.17, 15) is 0 Å². The number of nitrogens with two attached hydrogens (primary N) is 1. The highest BCUT2D eigenvalue weighted by Crippen LogP contribution is 2.32. The molecule has 0 spiro atoms. The van der Waals surface area contributed by atoms with Gasteiger partial charge in [-0.25, -0.2) is 4.98 Å². The average molecular weight is 383 g/mol. The standard InChI is InChI=1S/C21H23ClN4O/c1-27-18-9-14(13-23)8-16(11-18)15-2-3-20-17(10-15)12-19(22)21(25-20)26-6-4-24-5-7-26/h2-3,8-12,24H,4-7,13,23H2,1H3. The van der Waals surface area contributed by atoms with Gasteiger partial charge in [0, 0.05) is 38.1 Å². The first kappa shape index (κ1) is 18.0. The normalized spacial score (nSPS) is 14.6. The van der Waals surface area contributed by atoms with E-state index < -0.39 is 0 Å². The van der Waals surface area contributed by atoms with Crippen LogP contribution < -0.4 is 20.7 Å². The zero-order chi connectivity index (χ0) is 18.8. The summed E-state index contributed by atoms with van der Waals surface area (Å²) in [6, 6.07) is 14.3. The van der Waals surface area contributed by atoms with E-state index >= 15 is 0 Å². The zero-order valence-electron chi connectivity index (χ0n) is 15.3. The van der Waals surface area contributed by atoms with E-state index in [4.69, 9.17) is 27.1 Å². The molecule has 5 nitrogen and oxygen atoms in total. The molecule has 0 unspecified atom stereocenters. The Morgan fingerprint density at radius 1 is 1.11 bits per heavy atom.